The van der Waals surface area contributed by atoms with E-state index in [9.17, 15) is 19.2 Å². The molecule has 6 aromatic carbocycles. The van der Waals surface area contributed by atoms with Crippen LogP contribution in [0.2, 0.25) is 0 Å². The van der Waals surface area contributed by atoms with Crippen LogP contribution >= 0.6 is 0 Å². The lowest BCUT2D eigenvalue weighted by Crippen LogP contribution is -2.53. The number of aryl methyl sites for hydroxylation is 4. The Morgan fingerprint density at radius 2 is 1.30 bits per heavy atom. The monoisotopic (exact) mass is 957 g/mol. The van der Waals surface area contributed by atoms with E-state index in [0.29, 0.717) is 31.7 Å². The zero-order valence-corrected chi connectivity index (χ0v) is 41.9. The summed E-state index contributed by atoms with van der Waals surface area (Å²) in [6.45, 7) is 12.9. The van der Waals surface area contributed by atoms with Gasteiger partial charge >= 0.3 is 12.2 Å². The smallest absolute Gasteiger partial charge is 0.407 e. The Morgan fingerprint density at radius 1 is 0.634 bits per heavy atom. The summed E-state index contributed by atoms with van der Waals surface area (Å²) in [5.74, 6) is -0.225. The molecule has 0 spiro atoms. The van der Waals surface area contributed by atoms with E-state index in [1.165, 1.54) is 16.7 Å². The first kappa shape index (κ1) is 51.5. The quantitative estimate of drug-likeness (QED) is 0.0526. The number of benzene rings is 6. The molecule has 4 amide bonds. The maximum atomic E-state index is 14.6. The minimum atomic E-state index is -1.07. The summed E-state index contributed by atoms with van der Waals surface area (Å²) in [6.07, 6.45) is 3.05. The van der Waals surface area contributed by atoms with Crippen molar-refractivity contribution in [3.05, 3.63) is 178 Å². The average molecular weight is 957 g/mol. The first-order chi connectivity index (χ1) is 34.2. The molecule has 71 heavy (non-hydrogen) atoms. The molecule has 0 fully saturated rings. The highest BCUT2D eigenvalue weighted by atomic mass is 16.6. The van der Waals surface area contributed by atoms with Crippen LogP contribution in [0, 0.1) is 13.8 Å². The first-order valence-electron chi connectivity index (χ1n) is 24.9. The van der Waals surface area contributed by atoms with Gasteiger partial charge in [-0.05, 0) is 147 Å². The van der Waals surface area contributed by atoms with Crippen LogP contribution in [0.5, 0.6) is 5.75 Å². The number of hydrogen-bond donors (Lipinski definition) is 4. The van der Waals surface area contributed by atoms with Gasteiger partial charge in [-0.3, -0.25) is 9.59 Å². The minimum absolute atomic E-state index is 0.0837. The molecule has 0 aromatic heterocycles. The van der Waals surface area contributed by atoms with Crippen LogP contribution in [-0.4, -0.2) is 61.4 Å². The number of ether oxygens (including phenoxy) is 3. The van der Waals surface area contributed by atoms with Gasteiger partial charge in [0.15, 0.2) is 0 Å². The number of carbonyl (C=O) groups excluding carboxylic acids is 4. The number of nitrogens with one attached hydrogen (secondary N) is 4. The van der Waals surface area contributed by atoms with Crippen LogP contribution in [0.25, 0.3) is 22.3 Å². The molecule has 4 N–H and O–H groups in total. The first-order valence-corrected chi connectivity index (χ1v) is 24.9. The van der Waals surface area contributed by atoms with E-state index in [0.717, 1.165) is 75.9 Å². The van der Waals surface area contributed by atoms with E-state index < -0.39 is 35.8 Å². The standard InChI is InChI=1S/C60H68N4O7/c1-7-44-38-47(69-33-16-15-32-61-58(67)71-60(4,5)6)30-31-48(44)45-28-26-42(27-29-45)37-55(64-59(68)70-39-53-51-23-13-11-21-49(51)50-22-12-14-24-52(50)53)57(66)63-54(56(65)62-46-19-9-8-10-20-46)25-17-18-43-35-40(2)34-41(3)36-43/h8-14,19-24,26-31,34-36,38,53-55H,7,15-18,25,32-33,37,39H2,1-6H3,(H,61,67)(H,62,65)(H,63,66)(H,64,68)/t54-,55-/m0/s1. The Kier molecular flexibility index (Phi) is 17.7. The Hall–Kier alpha value is -7.40. The molecule has 6 aromatic rings. The molecular formula is C60H68N4O7. The van der Waals surface area contributed by atoms with Crippen LogP contribution < -0.4 is 26.0 Å². The molecule has 370 valence electrons. The van der Waals surface area contributed by atoms with E-state index in [2.05, 4.69) is 96.6 Å². The number of fused-ring (bicyclic) bond motifs is 3. The fourth-order valence-electron chi connectivity index (χ4n) is 9.22. The maximum Gasteiger partial charge on any atom is 0.407 e. The van der Waals surface area contributed by atoms with E-state index in [1.807, 2.05) is 106 Å². The topological polar surface area (TPSA) is 144 Å². The molecule has 7 rings (SSSR count). The number of anilines is 1. The number of amides is 4. The molecule has 0 saturated carbocycles. The zero-order chi connectivity index (χ0) is 50.3. The molecule has 2 atom stereocenters. The molecule has 0 aliphatic heterocycles. The predicted molar refractivity (Wildman–Crippen MR) is 282 cm³/mol. The van der Waals surface area contributed by atoms with Crippen LogP contribution in [0.4, 0.5) is 15.3 Å². The van der Waals surface area contributed by atoms with Crippen molar-refractivity contribution >= 4 is 29.7 Å². The summed E-state index contributed by atoms with van der Waals surface area (Å²) in [7, 11) is 0. The number of unbranched alkanes of at least 4 members (excludes halogenated alkanes) is 1. The van der Waals surface area contributed by atoms with Gasteiger partial charge in [-0.25, -0.2) is 9.59 Å². The fourth-order valence-corrected chi connectivity index (χ4v) is 9.22. The summed E-state index contributed by atoms with van der Waals surface area (Å²) in [5, 5.41) is 11.7. The van der Waals surface area contributed by atoms with Crippen molar-refractivity contribution in [2.45, 2.75) is 110 Å². The molecule has 0 radical (unpaired) electrons. The van der Waals surface area contributed by atoms with Crippen LogP contribution in [0.3, 0.4) is 0 Å². The molecule has 0 unspecified atom stereocenters. The van der Waals surface area contributed by atoms with Crippen molar-refractivity contribution in [2.75, 3.05) is 25.1 Å². The van der Waals surface area contributed by atoms with Crippen molar-refractivity contribution in [3.8, 4) is 28.0 Å². The lowest BCUT2D eigenvalue weighted by molar-refractivity contribution is -0.128. The van der Waals surface area contributed by atoms with Gasteiger partial charge in [0.25, 0.3) is 0 Å². The maximum absolute atomic E-state index is 14.6. The normalized spacial score (nSPS) is 12.7. The Morgan fingerprint density at radius 3 is 1.96 bits per heavy atom. The van der Waals surface area contributed by atoms with Gasteiger partial charge in [-0.1, -0.05) is 133 Å². The van der Waals surface area contributed by atoms with E-state index >= 15 is 0 Å². The van der Waals surface area contributed by atoms with Gasteiger partial charge in [-0.15, -0.1) is 0 Å². The Labute approximate surface area is 419 Å². The van der Waals surface area contributed by atoms with Crippen molar-refractivity contribution < 1.29 is 33.4 Å². The van der Waals surface area contributed by atoms with E-state index in [-0.39, 0.29) is 24.9 Å². The molecule has 0 bridgehead atoms. The largest absolute Gasteiger partial charge is 0.494 e. The van der Waals surface area contributed by atoms with Crippen molar-refractivity contribution in [1.29, 1.82) is 0 Å². The molecule has 11 nitrogen and oxygen atoms in total. The van der Waals surface area contributed by atoms with Gasteiger partial charge in [0, 0.05) is 24.6 Å². The van der Waals surface area contributed by atoms with Gasteiger partial charge < -0.3 is 35.5 Å². The van der Waals surface area contributed by atoms with Crippen LogP contribution in [0.1, 0.15) is 98.2 Å². The number of para-hydroxylation sites is 1. The predicted octanol–water partition coefficient (Wildman–Crippen LogP) is 11.8. The Balaban J connectivity index is 1.05. The Bertz CT molecular complexity index is 2700. The van der Waals surface area contributed by atoms with Crippen molar-refractivity contribution in [3.63, 3.8) is 0 Å². The molecule has 0 heterocycles. The highest BCUT2D eigenvalue weighted by Crippen LogP contribution is 2.44. The van der Waals surface area contributed by atoms with Gasteiger partial charge in [-0.2, -0.15) is 0 Å². The third-order valence-corrected chi connectivity index (χ3v) is 12.5. The molecule has 11 heteroatoms. The lowest BCUT2D eigenvalue weighted by atomic mass is 9.95. The second-order valence-corrected chi connectivity index (χ2v) is 19.4. The molecule has 1 aliphatic carbocycles. The van der Waals surface area contributed by atoms with Crippen LogP contribution in [0.15, 0.2) is 140 Å². The number of hydrogen-bond acceptors (Lipinski definition) is 7. The minimum Gasteiger partial charge on any atom is -0.494 e. The lowest BCUT2D eigenvalue weighted by Gasteiger charge is -2.24. The summed E-state index contributed by atoms with van der Waals surface area (Å²) in [4.78, 5) is 54.4. The third kappa shape index (κ3) is 14.8. The van der Waals surface area contributed by atoms with Crippen LogP contribution in [-0.2, 0) is 38.3 Å². The summed E-state index contributed by atoms with van der Waals surface area (Å²) < 4.78 is 17.4. The van der Waals surface area contributed by atoms with E-state index in [1.54, 1.807) is 0 Å². The highest BCUT2D eigenvalue weighted by Gasteiger charge is 2.31. The number of carbonyl (C=O) groups is 4. The molecular weight excluding hydrogens is 889 g/mol. The molecule has 1 aliphatic rings. The second kappa shape index (κ2) is 24.4. The highest BCUT2D eigenvalue weighted by molar-refractivity contribution is 5.98. The van der Waals surface area contributed by atoms with Crippen molar-refractivity contribution in [1.82, 2.24) is 16.0 Å². The summed E-state index contributed by atoms with van der Waals surface area (Å²) in [5.41, 5.74) is 12.0. The number of alkyl carbamates (subject to hydrolysis) is 2. The van der Waals surface area contributed by atoms with Gasteiger partial charge in [0.1, 0.15) is 30.0 Å². The number of rotatable bonds is 21. The third-order valence-electron chi connectivity index (χ3n) is 12.5. The SMILES string of the molecule is CCc1cc(OCCCCNC(=O)OC(C)(C)C)ccc1-c1ccc(C[C@H](NC(=O)OCC2c3ccccc3-c3ccccc32)C(=O)N[C@@H](CCCc2cc(C)cc(C)c2)C(=O)Nc2ccccc2)cc1. The van der Waals surface area contributed by atoms with Gasteiger partial charge in [0.2, 0.25) is 11.8 Å². The van der Waals surface area contributed by atoms with E-state index in [4.69, 9.17) is 14.2 Å². The second-order valence-electron chi connectivity index (χ2n) is 19.4. The zero-order valence-electron chi connectivity index (χ0n) is 41.9. The summed E-state index contributed by atoms with van der Waals surface area (Å²) in [6, 6.07) is 44.0. The van der Waals surface area contributed by atoms with Gasteiger partial charge in [0.05, 0.1) is 6.61 Å². The average Bonchev–Trinajstić information content (AvgIpc) is 3.66. The summed E-state index contributed by atoms with van der Waals surface area (Å²) >= 11 is 0. The molecule has 0 saturated heterocycles. The van der Waals surface area contributed by atoms with Crippen molar-refractivity contribution in [2.24, 2.45) is 0 Å². The fraction of sp³-hybridized carbons (Fsp3) is 0.333.